The van der Waals surface area contributed by atoms with Gasteiger partial charge in [-0.2, -0.15) is 0 Å². The molecule has 43 heavy (non-hydrogen) atoms. The monoisotopic (exact) mass is 612 g/mol. The van der Waals surface area contributed by atoms with Crippen LogP contribution in [0.2, 0.25) is 0 Å². The van der Waals surface area contributed by atoms with E-state index in [0.29, 0.717) is 23.7 Å². The molecule has 0 bridgehead atoms. The van der Waals surface area contributed by atoms with Gasteiger partial charge in [0.1, 0.15) is 17.3 Å². The van der Waals surface area contributed by atoms with E-state index in [2.05, 4.69) is 21.9 Å². The van der Waals surface area contributed by atoms with Gasteiger partial charge in [-0.1, -0.05) is 25.5 Å². The SMILES string of the molecule is CCCCN(C(=O)Nc1ccc(F)c(C(=O)O)c1)C1CCN(Cc2ccc(Oc3ccc(NS(C)(=O)=O)cc3)cc2)CC1. The molecule has 4 rings (SSSR count). The number of carboxylic acid groups (broad SMARTS) is 1. The fraction of sp³-hybridized carbons (Fsp3) is 0.355. The highest BCUT2D eigenvalue weighted by atomic mass is 32.2. The summed E-state index contributed by atoms with van der Waals surface area (Å²) in [5.74, 6) is -0.978. The molecule has 0 aromatic heterocycles. The quantitative estimate of drug-likeness (QED) is 0.229. The van der Waals surface area contributed by atoms with Crippen LogP contribution in [0, 0.1) is 5.82 Å². The molecule has 1 heterocycles. The Hall–Kier alpha value is -4.16. The number of piperidine rings is 1. The molecular weight excluding hydrogens is 575 g/mol. The molecule has 0 spiro atoms. The van der Waals surface area contributed by atoms with Crippen molar-refractivity contribution in [2.24, 2.45) is 0 Å². The third-order valence-electron chi connectivity index (χ3n) is 7.18. The summed E-state index contributed by atoms with van der Waals surface area (Å²) in [6.07, 6.45) is 4.46. The predicted octanol–water partition coefficient (Wildman–Crippen LogP) is 5.99. The Kier molecular flexibility index (Phi) is 10.6. The summed E-state index contributed by atoms with van der Waals surface area (Å²) in [6, 6.07) is 17.8. The summed E-state index contributed by atoms with van der Waals surface area (Å²) in [4.78, 5) is 28.7. The first-order chi connectivity index (χ1) is 20.5. The Bertz CT molecular complexity index is 1510. The lowest BCUT2D eigenvalue weighted by Gasteiger charge is -2.38. The molecule has 1 fully saturated rings. The molecular formula is C31H37FN4O6S. The van der Waals surface area contributed by atoms with E-state index >= 15 is 0 Å². The summed E-state index contributed by atoms with van der Waals surface area (Å²) < 4.78 is 44.8. The minimum absolute atomic E-state index is 0.0389. The number of urea groups is 1. The van der Waals surface area contributed by atoms with Gasteiger partial charge in [0.2, 0.25) is 10.0 Å². The molecule has 0 saturated carbocycles. The molecule has 0 aliphatic carbocycles. The number of nitrogens with one attached hydrogen (secondary N) is 2. The minimum atomic E-state index is -3.34. The van der Waals surface area contributed by atoms with E-state index in [1.165, 1.54) is 6.07 Å². The number of carbonyl (C=O) groups is 2. The highest BCUT2D eigenvalue weighted by Gasteiger charge is 2.28. The zero-order valence-electron chi connectivity index (χ0n) is 24.3. The number of halogens is 1. The molecule has 12 heteroatoms. The normalized spacial score (nSPS) is 14.2. The van der Waals surface area contributed by atoms with Gasteiger partial charge in [-0.3, -0.25) is 9.62 Å². The minimum Gasteiger partial charge on any atom is -0.478 e. The lowest BCUT2D eigenvalue weighted by Crippen LogP contribution is -2.49. The Morgan fingerprint density at radius 3 is 2.19 bits per heavy atom. The van der Waals surface area contributed by atoms with Crippen LogP contribution >= 0.6 is 0 Å². The van der Waals surface area contributed by atoms with Gasteiger partial charge in [-0.25, -0.2) is 22.4 Å². The van der Waals surface area contributed by atoms with Gasteiger partial charge in [0.15, 0.2) is 0 Å². The number of likely N-dealkylation sites (tertiary alicyclic amines) is 1. The lowest BCUT2D eigenvalue weighted by atomic mass is 10.0. The predicted molar refractivity (Wildman–Crippen MR) is 164 cm³/mol. The number of hydrogen-bond acceptors (Lipinski definition) is 6. The summed E-state index contributed by atoms with van der Waals surface area (Å²) >= 11 is 0. The third kappa shape index (κ3) is 9.42. The van der Waals surface area contributed by atoms with Crippen molar-refractivity contribution >= 4 is 33.4 Å². The molecule has 2 amide bonds. The summed E-state index contributed by atoms with van der Waals surface area (Å²) in [5, 5.41) is 12.0. The molecule has 0 unspecified atom stereocenters. The molecule has 0 atom stereocenters. The third-order valence-corrected chi connectivity index (χ3v) is 7.79. The average Bonchev–Trinajstić information content (AvgIpc) is 2.96. The number of amides is 2. The molecule has 10 nitrogen and oxygen atoms in total. The summed E-state index contributed by atoms with van der Waals surface area (Å²) in [6.45, 7) is 5.02. The molecule has 1 saturated heterocycles. The van der Waals surface area contributed by atoms with Crippen LogP contribution in [0.15, 0.2) is 66.7 Å². The average molecular weight is 613 g/mol. The number of carbonyl (C=O) groups excluding carboxylic acids is 1. The number of carboxylic acids is 1. The Morgan fingerprint density at radius 1 is 1.00 bits per heavy atom. The van der Waals surface area contributed by atoms with Gasteiger partial charge in [0.05, 0.1) is 11.8 Å². The van der Waals surface area contributed by atoms with Crippen LogP contribution in [0.4, 0.5) is 20.6 Å². The fourth-order valence-electron chi connectivity index (χ4n) is 4.99. The number of aromatic carboxylic acids is 1. The summed E-state index contributed by atoms with van der Waals surface area (Å²) in [7, 11) is -3.34. The molecule has 230 valence electrons. The molecule has 1 aliphatic heterocycles. The van der Waals surface area contributed by atoms with Gasteiger partial charge in [-0.15, -0.1) is 0 Å². The Labute approximate surface area is 251 Å². The smallest absolute Gasteiger partial charge is 0.338 e. The van der Waals surface area contributed by atoms with E-state index in [4.69, 9.17) is 4.74 Å². The number of anilines is 2. The van der Waals surface area contributed by atoms with Crippen molar-refractivity contribution in [2.75, 3.05) is 35.9 Å². The maximum atomic E-state index is 13.8. The standard InChI is InChI=1S/C31H37FN4O6S/c1-3-4-17-36(31(39)33-24-9-14-29(32)28(20-24)30(37)38)25-15-18-35(19-16-25)21-22-5-10-26(11-6-22)42-27-12-7-23(8-13-27)34-43(2,40)41/h5-14,20,25,34H,3-4,15-19,21H2,1-2H3,(H,33,39)(H,37,38). The van der Waals surface area contributed by atoms with Gasteiger partial charge in [0, 0.05) is 43.6 Å². The molecule has 3 aromatic rings. The summed E-state index contributed by atoms with van der Waals surface area (Å²) in [5.41, 5.74) is 1.36. The van der Waals surface area contributed by atoms with Crippen molar-refractivity contribution in [1.29, 1.82) is 0 Å². The zero-order chi connectivity index (χ0) is 31.0. The number of nitrogens with zero attached hydrogens (tertiary/aromatic N) is 2. The topological polar surface area (TPSA) is 128 Å². The first-order valence-corrected chi connectivity index (χ1v) is 16.1. The number of benzene rings is 3. The van der Waals surface area contributed by atoms with Crippen LogP contribution < -0.4 is 14.8 Å². The van der Waals surface area contributed by atoms with Crippen molar-refractivity contribution < 1.29 is 32.2 Å². The number of sulfonamides is 1. The van der Waals surface area contributed by atoms with E-state index in [9.17, 15) is 27.5 Å². The molecule has 1 aliphatic rings. The number of hydrogen-bond donors (Lipinski definition) is 3. The van der Waals surface area contributed by atoms with Crippen LogP contribution in [-0.2, 0) is 16.6 Å². The second-order valence-electron chi connectivity index (χ2n) is 10.6. The van der Waals surface area contributed by atoms with Crippen LogP contribution in [0.1, 0.15) is 48.5 Å². The van der Waals surface area contributed by atoms with Crippen molar-refractivity contribution in [3.8, 4) is 11.5 Å². The second kappa shape index (κ2) is 14.3. The van der Waals surface area contributed by atoms with Crippen molar-refractivity contribution in [2.45, 2.75) is 45.2 Å². The fourth-order valence-corrected chi connectivity index (χ4v) is 5.56. The molecule has 0 radical (unpaired) electrons. The van der Waals surface area contributed by atoms with Crippen LogP contribution in [0.5, 0.6) is 11.5 Å². The van der Waals surface area contributed by atoms with E-state index in [0.717, 1.165) is 69.3 Å². The second-order valence-corrected chi connectivity index (χ2v) is 12.4. The van der Waals surface area contributed by atoms with Gasteiger partial charge < -0.3 is 20.1 Å². The van der Waals surface area contributed by atoms with E-state index in [1.54, 1.807) is 24.3 Å². The lowest BCUT2D eigenvalue weighted by molar-refractivity contribution is 0.0691. The molecule has 3 N–H and O–H groups in total. The maximum absolute atomic E-state index is 13.8. The Morgan fingerprint density at radius 2 is 1.60 bits per heavy atom. The largest absolute Gasteiger partial charge is 0.478 e. The highest BCUT2D eigenvalue weighted by Crippen LogP contribution is 2.25. The van der Waals surface area contributed by atoms with Crippen LogP contribution in [0.3, 0.4) is 0 Å². The number of ether oxygens (including phenoxy) is 1. The zero-order valence-corrected chi connectivity index (χ0v) is 25.1. The number of rotatable bonds is 12. The Balaban J connectivity index is 1.30. The van der Waals surface area contributed by atoms with Crippen molar-refractivity contribution in [3.63, 3.8) is 0 Å². The van der Waals surface area contributed by atoms with Gasteiger partial charge in [-0.05, 0) is 79.4 Å². The maximum Gasteiger partial charge on any atom is 0.338 e. The van der Waals surface area contributed by atoms with Crippen LogP contribution in [0.25, 0.3) is 0 Å². The van der Waals surface area contributed by atoms with E-state index < -0.39 is 27.4 Å². The first-order valence-electron chi connectivity index (χ1n) is 14.2. The molecule has 3 aromatic carbocycles. The van der Waals surface area contributed by atoms with Gasteiger partial charge >= 0.3 is 12.0 Å². The van der Waals surface area contributed by atoms with E-state index in [-0.39, 0.29) is 17.8 Å². The van der Waals surface area contributed by atoms with Gasteiger partial charge in [0.25, 0.3) is 0 Å². The van der Waals surface area contributed by atoms with Crippen molar-refractivity contribution in [1.82, 2.24) is 9.80 Å². The van der Waals surface area contributed by atoms with E-state index in [1.807, 2.05) is 29.2 Å². The first kappa shape index (κ1) is 31.8. The highest BCUT2D eigenvalue weighted by molar-refractivity contribution is 7.92. The number of unbranched alkanes of at least 4 members (excludes halogenated alkanes) is 1. The van der Waals surface area contributed by atoms with Crippen molar-refractivity contribution in [3.05, 3.63) is 83.7 Å². The van der Waals surface area contributed by atoms with Crippen LogP contribution in [-0.4, -0.2) is 67.3 Å².